The molecule has 1 fully saturated rings. The van der Waals surface area contributed by atoms with Crippen LogP contribution in [0.1, 0.15) is 29.2 Å². The third kappa shape index (κ3) is 6.39. The summed E-state index contributed by atoms with van der Waals surface area (Å²) in [6.45, 7) is 4.62. The number of carbonyl (C=O) groups is 2. The summed E-state index contributed by atoms with van der Waals surface area (Å²) < 4.78 is 12.5. The maximum absolute atomic E-state index is 13.0. The van der Waals surface area contributed by atoms with Gasteiger partial charge >= 0.3 is 0 Å². The Labute approximate surface area is 226 Å². The molecular weight excluding hydrogens is 560 g/mol. The molecule has 1 aliphatic rings. The van der Waals surface area contributed by atoms with E-state index in [0.717, 1.165) is 22.2 Å². The van der Waals surface area contributed by atoms with Crippen molar-refractivity contribution in [2.24, 2.45) is 0 Å². The molecule has 0 radical (unpaired) electrons. The minimum absolute atomic E-state index is 0.0547. The number of amides is 2. The number of carbonyl (C=O) groups excluding carboxylic acids is 2. The number of non-ortho nitro benzene ring substituents is 1. The summed E-state index contributed by atoms with van der Waals surface area (Å²) in [5, 5.41) is 10.6. The lowest BCUT2D eigenvalue weighted by atomic mass is 10.1. The largest absolute Gasteiger partial charge is 0.490 e. The van der Waals surface area contributed by atoms with Crippen molar-refractivity contribution in [1.82, 2.24) is 4.90 Å². The molecule has 0 aliphatic carbocycles. The third-order valence-electron chi connectivity index (χ3n) is 5.50. The van der Waals surface area contributed by atoms with Crippen LogP contribution in [0, 0.1) is 17.0 Å². The number of nitrogens with zero attached hydrogens (tertiary/aromatic N) is 2. The van der Waals surface area contributed by atoms with Crippen LogP contribution in [0.3, 0.4) is 0 Å². The summed E-state index contributed by atoms with van der Waals surface area (Å²) in [5.74, 6) is 0.594. The number of nitro benzene ring substituents is 1. The smallest absolute Gasteiger partial charge is 0.293 e. The molecule has 4 rings (SSSR count). The minimum atomic E-state index is -0.515. The number of imide groups is 1. The molecule has 10 heteroatoms. The van der Waals surface area contributed by atoms with E-state index in [1.54, 1.807) is 24.3 Å². The van der Waals surface area contributed by atoms with Crippen LogP contribution in [0.5, 0.6) is 11.5 Å². The Morgan fingerprint density at radius 2 is 1.76 bits per heavy atom. The lowest BCUT2D eigenvalue weighted by Gasteiger charge is -2.14. The number of ether oxygens (including phenoxy) is 2. The van der Waals surface area contributed by atoms with Crippen LogP contribution < -0.4 is 9.47 Å². The fourth-order valence-corrected chi connectivity index (χ4v) is 4.88. The Bertz CT molecular complexity index is 1390. The normalized spacial score (nSPS) is 14.4. The molecule has 1 saturated heterocycles. The van der Waals surface area contributed by atoms with E-state index in [9.17, 15) is 19.7 Å². The van der Waals surface area contributed by atoms with Gasteiger partial charge in [0, 0.05) is 16.6 Å². The quantitative estimate of drug-likeness (QED) is 0.154. The highest BCUT2D eigenvalue weighted by atomic mass is 79.9. The van der Waals surface area contributed by atoms with Gasteiger partial charge in [0.15, 0.2) is 11.5 Å². The van der Waals surface area contributed by atoms with E-state index in [1.165, 1.54) is 23.8 Å². The highest BCUT2D eigenvalue weighted by Gasteiger charge is 2.35. The highest BCUT2D eigenvalue weighted by Crippen LogP contribution is 2.39. The SMILES string of the molecule is CCOc1cc(/C=C2/SC(=O)N(Cc3cccc([N+](=O)[O-])c3)C2=O)c(Br)cc1OCc1ccc(C)cc1. The molecule has 0 spiro atoms. The van der Waals surface area contributed by atoms with Crippen molar-refractivity contribution in [3.8, 4) is 11.5 Å². The Hall–Kier alpha value is -3.63. The van der Waals surface area contributed by atoms with E-state index in [2.05, 4.69) is 15.9 Å². The summed E-state index contributed by atoms with van der Waals surface area (Å²) in [6.07, 6.45) is 1.62. The second-order valence-corrected chi connectivity index (χ2v) is 10.1. The first-order valence-electron chi connectivity index (χ1n) is 11.4. The van der Waals surface area contributed by atoms with Gasteiger partial charge in [-0.1, -0.05) is 57.9 Å². The molecule has 2 amide bonds. The van der Waals surface area contributed by atoms with Crippen molar-refractivity contribution in [2.75, 3.05) is 6.61 Å². The van der Waals surface area contributed by atoms with E-state index < -0.39 is 16.1 Å². The van der Waals surface area contributed by atoms with E-state index >= 15 is 0 Å². The van der Waals surface area contributed by atoms with Gasteiger partial charge in [0.05, 0.1) is 23.0 Å². The van der Waals surface area contributed by atoms with Gasteiger partial charge in [-0.15, -0.1) is 0 Å². The number of hydrogen-bond donors (Lipinski definition) is 0. The van der Waals surface area contributed by atoms with Crippen LogP contribution in [-0.2, 0) is 17.9 Å². The fraction of sp³-hybridized carbons (Fsp3) is 0.185. The molecule has 0 bridgehead atoms. The van der Waals surface area contributed by atoms with E-state index in [0.29, 0.717) is 40.3 Å². The third-order valence-corrected chi connectivity index (χ3v) is 7.09. The zero-order chi connectivity index (χ0) is 26.5. The van der Waals surface area contributed by atoms with Gasteiger partial charge in [-0.05, 0) is 60.5 Å². The number of benzene rings is 3. The number of hydrogen-bond acceptors (Lipinski definition) is 7. The number of nitro groups is 1. The van der Waals surface area contributed by atoms with Crippen molar-refractivity contribution < 1.29 is 24.0 Å². The van der Waals surface area contributed by atoms with Gasteiger partial charge in [0.25, 0.3) is 16.8 Å². The topological polar surface area (TPSA) is 99.0 Å². The molecule has 8 nitrogen and oxygen atoms in total. The summed E-state index contributed by atoms with van der Waals surface area (Å²) in [7, 11) is 0. The van der Waals surface area contributed by atoms with Crippen molar-refractivity contribution in [3.63, 3.8) is 0 Å². The van der Waals surface area contributed by atoms with E-state index in [1.807, 2.05) is 38.1 Å². The summed E-state index contributed by atoms with van der Waals surface area (Å²) in [5.41, 5.74) is 3.22. The number of halogens is 1. The van der Waals surface area contributed by atoms with Crippen molar-refractivity contribution in [3.05, 3.63) is 102 Å². The fourth-order valence-electron chi connectivity index (χ4n) is 3.62. The van der Waals surface area contributed by atoms with Gasteiger partial charge < -0.3 is 9.47 Å². The van der Waals surface area contributed by atoms with Crippen LogP contribution in [0.2, 0.25) is 0 Å². The summed E-state index contributed by atoms with van der Waals surface area (Å²) in [6, 6.07) is 17.5. The number of rotatable bonds is 9. The first kappa shape index (κ1) is 26.4. The molecule has 0 unspecified atom stereocenters. The molecule has 1 aliphatic heterocycles. The van der Waals surface area contributed by atoms with Crippen molar-refractivity contribution >= 4 is 50.6 Å². The first-order chi connectivity index (χ1) is 17.7. The molecule has 0 aromatic heterocycles. The first-order valence-corrected chi connectivity index (χ1v) is 13.0. The van der Waals surface area contributed by atoms with Gasteiger partial charge in [0.1, 0.15) is 6.61 Å². The number of aryl methyl sites for hydroxylation is 1. The van der Waals surface area contributed by atoms with Crippen molar-refractivity contribution in [1.29, 1.82) is 0 Å². The molecule has 37 heavy (non-hydrogen) atoms. The summed E-state index contributed by atoms with van der Waals surface area (Å²) in [4.78, 5) is 37.5. The summed E-state index contributed by atoms with van der Waals surface area (Å²) >= 11 is 4.36. The molecular formula is C27H23BrN2O6S. The lowest BCUT2D eigenvalue weighted by Crippen LogP contribution is -2.27. The van der Waals surface area contributed by atoms with Crippen LogP contribution in [0.25, 0.3) is 6.08 Å². The predicted octanol–water partition coefficient (Wildman–Crippen LogP) is 6.88. The zero-order valence-electron chi connectivity index (χ0n) is 20.1. The van der Waals surface area contributed by atoms with Crippen molar-refractivity contribution in [2.45, 2.75) is 27.0 Å². The maximum Gasteiger partial charge on any atom is 0.293 e. The van der Waals surface area contributed by atoms with Crippen LogP contribution in [0.15, 0.2) is 70.0 Å². The minimum Gasteiger partial charge on any atom is -0.490 e. The van der Waals surface area contributed by atoms with E-state index in [-0.39, 0.29) is 17.1 Å². The average molecular weight is 583 g/mol. The number of thioether (sulfide) groups is 1. The molecule has 0 saturated carbocycles. The second-order valence-electron chi connectivity index (χ2n) is 8.22. The molecule has 3 aromatic rings. The van der Waals surface area contributed by atoms with Crippen LogP contribution >= 0.6 is 27.7 Å². The van der Waals surface area contributed by atoms with Gasteiger partial charge in [-0.2, -0.15) is 0 Å². The van der Waals surface area contributed by atoms with E-state index in [4.69, 9.17) is 9.47 Å². The zero-order valence-corrected chi connectivity index (χ0v) is 22.5. The standard InChI is InChI=1S/C27H23BrN2O6S/c1-3-35-23-12-20(22(28)14-24(23)36-16-18-9-7-17(2)8-10-18)13-25-26(31)29(27(32)37-25)15-19-5-4-6-21(11-19)30(33)34/h4-14H,3,15-16H2,1-2H3/b25-13+. The van der Waals surface area contributed by atoms with Gasteiger partial charge in [-0.3, -0.25) is 24.6 Å². The Kier molecular flexibility index (Phi) is 8.30. The highest BCUT2D eigenvalue weighted by molar-refractivity contribution is 9.10. The Morgan fingerprint density at radius 3 is 2.46 bits per heavy atom. The van der Waals surface area contributed by atoms with Crippen LogP contribution in [0.4, 0.5) is 10.5 Å². The average Bonchev–Trinajstić information content (AvgIpc) is 3.13. The van der Waals surface area contributed by atoms with Gasteiger partial charge in [0.2, 0.25) is 0 Å². The lowest BCUT2D eigenvalue weighted by molar-refractivity contribution is -0.384. The molecule has 190 valence electrons. The Morgan fingerprint density at radius 1 is 1.03 bits per heavy atom. The molecule has 0 N–H and O–H groups in total. The second kappa shape index (κ2) is 11.6. The van der Waals surface area contributed by atoms with Crippen LogP contribution in [-0.4, -0.2) is 27.6 Å². The molecule has 0 atom stereocenters. The predicted molar refractivity (Wildman–Crippen MR) is 145 cm³/mol. The molecule has 1 heterocycles. The monoisotopic (exact) mass is 582 g/mol. The maximum atomic E-state index is 13.0. The van der Waals surface area contributed by atoms with Gasteiger partial charge in [-0.25, -0.2) is 0 Å². The molecule has 3 aromatic carbocycles. The Balaban J connectivity index is 1.54.